The summed E-state index contributed by atoms with van der Waals surface area (Å²) in [5, 5.41) is 0. The van der Waals surface area contributed by atoms with Gasteiger partial charge in [-0.3, -0.25) is 0 Å². The third-order valence-electron chi connectivity index (χ3n) is 2.16. The van der Waals surface area contributed by atoms with Crippen molar-refractivity contribution in [3.8, 4) is 0 Å². The minimum Gasteiger partial charge on any atom is -0.324 e. The topological polar surface area (TPSA) is 60.2 Å². The van der Waals surface area contributed by atoms with Crippen molar-refractivity contribution in [3.05, 3.63) is 42.5 Å². The van der Waals surface area contributed by atoms with E-state index in [0.717, 1.165) is 5.56 Å². The second-order valence-electron chi connectivity index (χ2n) is 3.47. The zero-order valence-corrected chi connectivity index (χ0v) is 9.50. The molecule has 0 aliphatic rings. The molecule has 0 spiro atoms. The molecular weight excluding hydrogens is 210 g/mol. The van der Waals surface area contributed by atoms with Gasteiger partial charge in [-0.1, -0.05) is 18.2 Å². The van der Waals surface area contributed by atoms with E-state index in [9.17, 15) is 8.42 Å². The van der Waals surface area contributed by atoms with Crippen LogP contribution in [0.15, 0.2) is 41.8 Å². The van der Waals surface area contributed by atoms with Gasteiger partial charge in [-0.15, -0.1) is 6.58 Å². The molecule has 1 aromatic carbocycles. The maximum atomic E-state index is 11.2. The molecule has 0 fully saturated rings. The van der Waals surface area contributed by atoms with Gasteiger partial charge in [0, 0.05) is 12.3 Å². The Morgan fingerprint density at radius 2 is 1.93 bits per heavy atom. The van der Waals surface area contributed by atoms with Crippen molar-refractivity contribution >= 4 is 9.84 Å². The zero-order valence-electron chi connectivity index (χ0n) is 8.68. The molecule has 0 aliphatic carbocycles. The van der Waals surface area contributed by atoms with E-state index < -0.39 is 9.84 Å². The third-order valence-corrected chi connectivity index (χ3v) is 3.29. The van der Waals surface area contributed by atoms with Crippen molar-refractivity contribution < 1.29 is 8.42 Å². The first kappa shape index (κ1) is 11.9. The molecule has 1 aromatic rings. The largest absolute Gasteiger partial charge is 0.324 e. The van der Waals surface area contributed by atoms with Crippen LogP contribution in [0, 0.1) is 0 Å². The highest BCUT2D eigenvalue weighted by Crippen LogP contribution is 2.17. The molecule has 0 heterocycles. The summed E-state index contributed by atoms with van der Waals surface area (Å²) in [6.07, 6.45) is 3.61. The van der Waals surface area contributed by atoms with Crippen LogP contribution >= 0.6 is 0 Å². The number of nitrogens with two attached hydrogens (primary N) is 1. The highest BCUT2D eigenvalue weighted by atomic mass is 32.2. The van der Waals surface area contributed by atoms with Gasteiger partial charge in [0.25, 0.3) is 0 Å². The number of hydrogen-bond acceptors (Lipinski definition) is 3. The first-order valence-electron chi connectivity index (χ1n) is 4.61. The minimum atomic E-state index is -3.12. The van der Waals surface area contributed by atoms with E-state index >= 15 is 0 Å². The Balaban J connectivity index is 2.95. The third kappa shape index (κ3) is 3.18. The maximum absolute atomic E-state index is 11.2. The van der Waals surface area contributed by atoms with Gasteiger partial charge in [0.15, 0.2) is 9.84 Å². The molecule has 1 atom stereocenters. The van der Waals surface area contributed by atoms with Gasteiger partial charge in [0.05, 0.1) is 4.90 Å². The molecule has 4 heteroatoms. The van der Waals surface area contributed by atoms with Crippen LogP contribution in [0.4, 0.5) is 0 Å². The van der Waals surface area contributed by atoms with Crippen LogP contribution in [0.3, 0.4) is 0 Å². The van der Waals surface area contributed by atoms with E-state index in [1.807, 2.05) is 0 Å². The smallest absolute Gasteiger partial charge is 0.175 e. The summed E-state index contributed by atoms with van der Waals surface area (Å²) in [5.41, 5.74) is 6.76. The number of rotatable bonds is 4. The van der Waals surface area contributed by atoms with Crippen LogP contribution < -0.4 is 5.73 Å². The summed E-state index contributed by atoms with van der Waals surface area (Å²) in [4.78, 5) is 0.317. The van der Waals surface area contributed by atoms with Crippen molar-refractivity contribution in [1.82, 2.24) is 0 Å². The Bertz CT molecular complexity index is 434. The average Bonchev–Trinajstić information content (AvgIpc) is 2.17. The van der Waals surface area contributed by atoms with E-state index in [2.05, 4.69) is 6.58 Å². The second kappa shape index (κ2) is 4.59. The molecule has 2 N–H and O–H groups in total. The fraction of sp³-hybridized carbons (Fsp3) is 0.273. The van der Waals surface area contributed by atoms with Crippen molar-refractivity contribution in [2.75, 3.05) is 6.26 Å². The first-order chi connectivity index (χ1) is 6.95. The van der Waals surface area contributed by atoms with Crippen LogP contribution in [-0.4, -0.2) is 14.7 Å². The summed E-state index contributed by atoms with van der Waals surface area (Å²) in [6, 6.07) is 6.52. The van der Waals surface area contributed by atoms with Crippen LogP contribution in [0.25, 0.3) is 0 Å². The molecule has 82 valence electrons. The minimum absolute atomic E-state index is 0.115. The highest BCUT2D eigenvalue weighted by Gasteiger charge is 2.08. The van der Waals surface area contributed by atoms with E-state index in [1.54, 1.807) is 30.3 Å². The molecule has 0 aliphatic heterocycles. The molecule has 3 nitrogen and oxygen atoms in total. The summed E-state index contributed by atoms with van der Waals surface area (Å²) in [7, 11) is -3.12. The lowest BCUT2D eigenvalue weighted by Gasteiger charge is -2.09. The Morgan fingerprint density at radius 1 is 1.40 bits per heavy atom. The lowest BCUT2D eigenvalue weighted by Crippen LogP contribution is -2.09. The molecule has 1 rings (SSSR count). The van der Waals surface area contributed by atoms with Gasteiger partial charge in [0.2, 0.25) is 0 Å². The Kier molecular flexibility index (Phi) is 3.66. The van der Waals surface area contributed by atoms with Crippen LogP contribution in [0.2, 0.25) is 0 Å². The monoisotopic (exact) mass is 225 g/mol. The SMILES string of the molecule is C=CC[C@H](N)c1ccc(S(C)(=O)=O)cc1. The fourth-order valence-corrected chi connectivity index (χ4v) is 1.91. The highest BCUT2D eigenvalue weighted by molar-refractivity contribution is 7.90. The summed E-state index contributed by atoms with van der Waals surface area (Å²) < 4.78 is 22.4. The quantitative estimate of drug-likeness (QED) is 0.793. The fourth-order valence-electron chi connectivity index (χ4n) is 1.28. The van der Waals surface area contributed by atoms with Crippen LogP contribution in [0.1, 0.15) is 18.0 Å². The molecule has 0 aromatic heterocycles. The molecule has 0 unspecified atom stereocenters. The molecule has 0 amide bonds. The lowest BCUT2D eigenvalue weighted by molar-refractivity contribution is 0.601. The van der Waals surface area contributed by atoms with Crippen LogP contribution in [-0.2, 0) is 9.84 Å². The van der Waals surface area contributed by atoms with Gasteiger partial charge < -0.3 is 5.73 Å². The van der Waals surface area contributed by atoms with Crippen molar-refractivity contribution in [1.29, 1.82) is 0 Å². The molecule has 0 saturated heterocycles. The number of hydrogen-bond donors (Lipinski definition) is 1. The molecule has 0 bridgehead atoms. The standard InChI is InChI=1S/C11H15NO2S/c1-3-4-11(12)9-5-7-10(8-6-9)15(2,13)14/h3,5-8,11H,1,4,12H2,2H3/t11-/m0/s1. The van der Waals surface area contributed by atoms with Gasteiger partial charge in [-0.05, 0) is 24.1 Å². The van der Waals surface area contributed by atoms with Crippen LogP contribution in [0.5, 0.6) is 0 Å². The van der Waals surface area contributed by atoms with E-state index in [4.69, 9.17) is 5.73 Å². The van der Waals surface area contributed by atoms with Crippen molar-refractivity contribution in [3.63, 3.8) is 0 Å². The van der Waals surface area contributed by atoms with E-state index in [1.165, 1.54) is 6.26 Å². The lowest BCUT2D eigenvalue weighted by atomic mass is 10.1. The number of sulfone groups is 1. The van der Waals surface area contributed by atoms with Gasteiger partial charge in [0.1, 0.15) is 0 Å². The van der Waals surface area contributed by atoms with Gasteiger partial charge >= 0.3 is 0 Å². The zero-order chi connectivity index (χ0) is 11.5. The Hall–Kier alpha value is -1.13. The molecular formula is C11H15NO2S. The normalized spacial score (nSPS) is 13.5. The molecule has 0 saturated carbocycles. The first-order valence-corrected chi connectivity index (χ1v) is 6.51. The molecule has 0 radical (unpaired) electrons. The Labute approximate surface area is 90.5 Å². The molecule has 15 heavy (non-hydrogen) atoms. The van der Waals surface area contributed by atoms with Gasteiger partial charge in [-0.2, -0.15) is 0 Å². The predicted molar refractivity (Wildman–Crippen MR) is 61.3 cm³/mol. The predicted octanol–water partition coefficient (Wildman–Crippen LogP) is 1.67. The number of benzene rings is 1. The average molecular weight is 225 g/mol. The summed E-state index contributed by atoms with van der Waals surface area (Å²) in [6.45, 7) is 3.61. The van der Waals surface area contributed by atoms with E-state index in [-0.39, 0.29) is 6.04 Å². The summed E-state index contributed by atoms with van der Waals surface area (Å²) >= 11 is 0. The maximum Gasteiger partial charge on any atom is 0.175 e. The van der Waals surface area contributed by atoms with Gasteiger partial charge in [-0.25, -0.2) is 8.42 Å². The van der Waals surface area contributed by atoms with Crippen molar-refractivity contribution in [2.45, 2.75) is 17.4 Å². The Morgan fingerprint density at radius 3 is 2.33 bits per heavy atom. The summed E-state index contributed by atoms with van der Waals surface area (Å²) in [5.74, 6) is 0. The second-order valence-corrected chi connectivity index (χ2v) is 5.49. The van der Waals surface area contributed by atoms with E-state index in [0.29, 0.717) is 11.3 Å². The van der Waals surface area contributed by atoms with Crippen molar-refractivity contribution in [2.24, 2.45) is 5.73 Å².